The Kier molecular flexibility index (Phi) is 4.07. The van der Waals surface area contributed by atoms with Crippen LogP contribution in [0.15, 0.2) is 30.3 Å². The summed E-state index contributed by atoms with van der Waals surface area (Å²) in [7, 11) is 0. The third-order valence-electron chi connectivity index (χ3n) is 4.02. The van der Waals surface area contributed by atoms with E-state index in [-0.39, 0.29) is 6.04 Å². The van der Waals surface area contributed by atoms with E-state index in [1.807, 2.05) is 24.3 Å². The zero-order valence-corrected chi connectivity index (χ0v) is 12.0. The molecule has 0 heterocycles. The third-order valence-corrected chi connectivity index (χ3v) is 4.02. The summed E-state index contributed by atoms with van der Waals surface area (Å²) in [6, 6.07) is 7.49. The summed E-state index contributed by atoms with van der Waals surface area (Å²) in [5, 5.41) is 2.57. The van der Waals surface area contributed by atoms with Crippen LogP contribution >= 0.6 is 0 Å². The maximum atomic E-state index is 13.7. The lowest BCUT2D eigenvalue weighted by molar-refractivity contribution is 0.0926. The summed E-state index contributed by atoms with van der Waals surface area (Å²) < 4.78 is 53.2. The van der Waals surface area contributed by atoms with E-state index in [1.165, 1.54) is 0 Å². The molecule has 0 aliphatic heterocycles. The average Bonchev–Trinajstić information content (AvgIpc) is 2.56. The number of aryl methyl sites for hydroxylation is 1. The van der Waals surface area contributed by atoms with Gasteiger partial charge in [-0.05, 0) is 36.5 Å². The van der Waals surface area contributed by atoms with Crippen LogP contribution < -0.4 is 5.32 Å². The van der Waals surface area contributed by atoms with Gasteiger partial charge >= 0.3 is 0 Å². The molecule has 0 saturated carbocycles. The smallest absolute Gasteiger partial charge is 0.254 e. The van der Waals surface area contributed by atoms with Crippen molar-refractivity contribution >= 4 is 5.91 Å². The Labute approximate surface area is 130 Å². The topological polar surface area (TPSA) is 29.1 Å². The number of carbonyl (C=O) groups excluding carboxylic acids is 1. The summed E-state index contributed by atoms with van der Waals surface area (Å²) in [4.78, 5) is 12.2. The molecule has 23 heavy (non-hydrogen) atoms. The average molecular weight is 323 g/mol. The summed E-state index contributed by atoms with van der Waals surface area (Å²) in [6.45, 7) is 0. The van der Waals surface area contributed by atoms with Crippen LogP contribution in [0.1, 0.15) is 40.4 Å². The molecule has 1 atom stereocenters. The van der Waals surface area contributed by atoms with E-state index in [2.05, 4.69) is 5.32 Å². The second-order valence-corrected chi connectivity index (χ2v) is 5.46. The van der Waals surface area contributed by atoms with E-state index < -0.39 is 34.7 Å². The first-order valence-electron chi connectivity index (χ1n) is 7.20. The minimum atomic E-state index is -1.99. The molecule has 1 N–H and O–H groups in total. The van der Waals surface area contributed by atoms with Gasteiger partial charge in [-0.15, -0.1) is 0 Å². The van der Waals surface area contributed by atoms with Crippen LogP contribution in [-0.4, -0.2) is 5.91 Å². The molecule has 0 unspecified atom stereocenters. The third kappa shape index (κ3) is 2.81. The van der Waals surface area contributed by atoms with E-state index in [4.69, 9.17) is 0 Å². The van der Waals surface area contributed by atoms with E-state index in [0.29, 0.717) is 12.5 Å². The van der Waals surface area contributed by atoms with Crippen LogP contribution in [0.2, 0.25) is 0 Å². The summed E-state index contributed by atoms with van der Waals surface area (Å²) in [5.41, 5.74) is 1.13. The molecule has 0 spiro atoms. The summed E-state index contributed by atoms with van der Waals surface area (Å²) in [5.74, 6) is -8.17. The Hall–Kier alpha value is -2.37. The van der Waals surface area contributed by atoms with Gasteiger partial charge in [0.15, 0.2) is 23.3 Å². The van der Waals surface area contributed by atoms with Gasteiger partial charge in [-0.3, -0.25) is 4.79 Å². The van der Waals surface area contributed by atoms with Crippen molar-refractivity contribution in [3.63, 3.8) is 0 Å². The highest BCUT2D eigenvalue weighted by Gasteiger charge is 2.26. The highest BCUT2D eigenvalue weighted by atomic mass is 19.2. The monoisotopic (exact) mass is 323 g/mol. The maximum absolute atomic E-state index is 13.7. The zero-order valence-electron chi connectivity index (χ0n) is 12.0. The van der Waals surface area contributed by atoms with E-state index in [9.17, 15) is 22.4 Å². The van der Waals surface area contributed by atoms with Crippen molar-refractivity contribution < 1.29 is 22.4 Å². The molecule has 2 nitrogen and oxygen atoms in total. The molecule has 0 radical (unpaired) electrons. The number of fused-ring (bicyclic) bond motifs is 1. The molecule has 0 saturated heterocycles. The van der Waals surface area contributed by atoms with Crippen LogP contribution in [0, 0.1) is 23.3 Å². The van der Waals surface area contributed by atoms with Gasteiger partial charge in [-0.2, -0.15) is 0 Å². The Balaban J connectivity index is 1.89. The minimum Gasteiger partial charge on any atom is -0.345 e. The number of hydrogen-bond donors (Lipinski definition) is 1. The molecule has 0 aromatic heterocycles. The van der Waals surface area contributed by atoms with Gasteiger partial charge in [0.05, 0.1) is 11.6 Å². The van der Waals surface area contributed by atoms with Crippen molar-refractivity contribution in [2.24, 2.45) is 0 Å². The number of hydrogen-bond acceptors (Lipinski definition) is 1. The van der Waals surface area contributed by atoms with Crippen LogP contribution in [-0.2, 0) is 6.42 Å². The van der Waals surface area contributed by atoms with Crippen molar-refractivity contribution in [3.8, 4) is 0 Å². The highest BCUT2D eigenvalue weighted by Crippen LogP contribution is 2.30. The molecule has 0 fully saturated rings. The number of benzene rings is 2. The quantitative estimate of drug-likeness (QED) is 0.504. The number of halogens is 4. The van der Waals surface area contributed by atoms with Gasteiger partial charge in [0.2, 0.25) is 0 Å². The van der Waals surface area contributed by atoms with Crippen LogP contribution in [0.5, 0.6) is 0 Å². The van der Waals surface area contributed by atoms with Gasteiger partial charge in [0.1, 0.15) is 0 Å². The molecule has 3 rings (SSSR count). The molecule has 0 bridgehead atoms. The summed E-state index contributed by atoms with van der Waals surface area (Å²) in [6.07, 6.45) is 2.34. The molecule has 120 valence electrons. The highest BCUT2D eigenvalue weighted by molar-refractivity contribution is 5.94. The van der Waals surface area contributed by atoms with Crippen LogP contribution in [0.25, 0.3) is 0 Å². The zero-order chi connectivity index (χ0) is 16.6. The standard InChI is InChI=1S/C17H13F4NO/c18-12-8-11(14(19)16(21)15(12)20)17(23)22-13-7-3-5-9-4-1-2-6-10(9)13/h1-2,4,6,8,13H,3,5,7H2,(H,22,23)/t13-/m0/s1. The second-order valence-electron chi connectivity index (χ2n) is 5.46. The van der Waals surface area contributed by atoms with Gasteiger partial charge in [0.25, 0.3) is 5.91 Å². The van der Waals surface area contributed by atoms with Crippen molar-refractivity contribution in [1.29, 1.82) is 0 Å². The number of amides is 1. The van der Waals surface area contributed by atoms with Crippen LogP contribution in [0.3, 0.4) is 0 Å². The van der Waals surface area contributed by atoms with Crippen LogP contribution in [0.4, 0.5) is 17.6 Å². The van der Waals surface area contributed by atoms with Gasteiger partial charge < -0.3 is 5.32 Å². The molecule has 1 aliphatic rings. The molecular weight excluding hydrogens is 310 g/mol. The first-order valence-corrected chi connectivity index (χ1v) is 7.20. The molecular formula is C17H13F4NO. The Morgan fingerprint density at radius 1 is 1.04 bits per heavy atom. The lowest BCUT2D eigenvalue weighted by Crippen LogP contribution is -2.32. The molecule has 1 amide bonds. The van der Waals surface area contributed by atoms with Gasteiger partial charge in [-0.1, -0.05) is 24.3 Å². The Bertz CT molecular complexity index is 775. The fraction of sp³-hybridized carbons (Fsp3) is 0.235. The minimum absolute atomic E-state index is 0.372. The predicted molar refractivity (Wildman–Crippen MR) is 75.9 cm³/mol. The fourth-order valence-electron chi connectivity index (χ4n) is 2.88. The number of rotatable bonds is 2. The number of carbonyl (C=O) groups is 1. The lowest BCUT2D eigenvalue weighted by atomic mass is 9.87. The SMILES string of the molecule is O=C(N[C@H]1CCCc2ccccc21)c1cc(F)c(F)c(F)c1F. The predicted octanol–water partition coefficient (Wildman–Crippen LogP) is 4.05. The largest absolute Gasteiger partial charge is 0.345 e. The molecule has 1 aliphatic carbocycles. The van der Waals surface area contributed by atoms with E-state index >= 15 is 0 Å². The Morgan fingerprint density at radius 2 is 1.78 bits per heavy atom. The molecule has 2 aromatic carbocycles. The molecule has 6 heteroatoms. The normalized spacial score (nSPS) is 16.8. The summed E-state index contributed by atoms with van der Waals surface area (Å²) >= 11 is 0. The lowest BCUT2D eigenvalue weighted by Gasteiger charge is -2.26. The fourth-order valence-corrected chi connectivity index (χ4v) is 2.88. The van der Waals surface area contributed by atoms with E-state index in [1.54, 1.807) is 0 Å². The van der Waals surface area contributed by atoms with E-state index in [0.717, 1.165) is 24.0 Å². The molecule has 2 aromatic rings. The van der Waals surface area contributed by atoms with Crippen molar-refractivity contribution in [2.75, 3.05) is 0 Å². The van der Waals surface area contributed by atoms with Crippen molar-refractivity contribution in [1.82, 2.24) is 5.32 Å². The van der Waals surface area contributed by atoms with Crippen molar-refractivity contribution in [3.05, 3.63) is 70.3 Å². The first kappa shape index (κ1) is 15.5. The number of nitrogens with one attached hydrogen (secondary N) is 1. The van der Waals surface area contributed by atoms with Crippen molar-refractivity contribution in [2.45, 2.75) is 25.3 Å². The first-order chi connectivity index (χ1) is 11.0. The van der Waals surface area contributed by atoms with Gasteiger partial charge in [0, 0.05) is 0 Å². The maximum Gasteiger partial charge on any atom is 0.254 e. The Morgan fingerprint density at radius 3 is 2.57 bits per heavy atom. The second kappa shape index (κ2) is 6.02. The van der Waals surface area contributed by atoms with Gasteiger partial charge in [-0.25, -0.2) is 17.6 Å².